The molecule has 0 radical (unpaired) electrons. The lowest BCUT2D eigenvalue weighted by atomic mass is 10.1. The monoisotopic (exact) mass is 399 g/mol. The second-order valence-electron chi connectivity index (χ2n) is 6.45. The summed E-state index contributed by atoms with van der Waals surface area (Å²) in [7, 11) is 0. The topological polar surface area (TPSA) is 109 Å². The molecule has 4 aromatic rings. The molecule has 2 aromatic heterocycles. The molecule has 4 rings (SSSR count). The molecule has 1 amide bonds. The van der Waals surface area contributed by atoms with E-state index >= 15 is 0 Å². The minimum atomic E-state index is -0.997. The normalized spacial score (nSPS) is 11.1. The van der Waals surface area contributed by atoms with Crippen LogP contribution in [0.5, 0.6) is 0 Å². The van der Waals surface area contributed by atoms with Crippen molar-refractivity contribution in [1.29, 1.82) is 0 Å². The number of carboxylic acid groups (broad SMARTS) is 1. The Bertz CT molecular complexity index is 1230. The molecule has 2 heterocycles. The quantitative estimate of drug-likeness (QED) is 0.383. The molecule has 0 bridgehead atoms. The third kappa shape index (κ3) is 4.07. The Kier molecular flexibility index (Phi) is 5.29. The molecule has 0 atom stereocenters. The third-order valence-corrected chi connectivity index (χ3v) is 4.41. The Labute approximate surface area is 171 Å². The van der Waals surface area contributed by atoms with Crippen LogP contribution in [0.25, 0.3) is 22.6 Å². The number of amides is 1. The highest BCUT2D eigenvalue weighted by Crippen LogP contribution is 2.23. The summed E-state index contributed by atoms with van der Waals surface area (Å²) in [6.07, 6.45) is 3.13. The van der Waals surface area contributed by atoms with Crippen LogP contribution in [-0.2, 0) is 11.3 Å². The van der Waals surface area contributed by atoms with Crippen LogP contribution in [0.2, 0.25) is 0 Å². The number of hydrogen-bond acceptors (Lipinski definition) is 5. The smallest absolute Gasteiger partial charge is 0.335 e. The van der Waals surface area contributed by atoms with Crippen LogP contribution in [0, 0.1) is 0 Å². The molecule has 0 unspecified atom stereocenters. The lowest BCUT2D eigenvalue weighted by Gasteiger charge is -2.07. The number of aromatic nitrogens is 3. The summed E-state index contributed by atoms with van der Waals surface area (Å²) in [6, 6.07) is 19.3. The minimum absolute atomic E-state index is 0.0156. The van der Waals surface area contributed by atoms with Crippen molar-refractivity contribution in [3.63, 3.8) is 0 Å². The van der Waals surface area contributed by atoms with E-state index in [0.29, 0.717) is 17.1 Å². The van der Waals surface area contributed by atoms with Crippen molar-refractivity contribution in [3.8, 4) is 11.5 Å². The molecule has 2 aromatic carbocycles. The van der Waals surface area contributed by atoms with Crippen molar-refractivity contribution in [2.75, 3.05) is 0 Å². The van der Waals surface area contributed by atoms with Gasteiger partial charge in [0.15, 0.2) is 5.82 Å². The number of nitrogens with one attached hydrogen (secondary N) is 1. The van der Waals surface area contributed by atoms with Crippen molar-refractivity contribution in [3.05, 3.63) is 84.1 Å². The van der Waals surface area contributed by atoms with E-state index in [-0.39, 0.29) is 18.0 Å². The Morgan fingerprint density at radius 1 is 1.03 bits per heavy atom. The lowest BCUT2D eigenvalue weighted by molar-refractivity contribution is -0.121. The van der Waals surface area contributed by atoms with E-state index in [1.54, 1.807) is 22.9 Å². The number of para-hydroxylation sites is 2. The zero-order valence-electron chi connectivity index (χ0n) is 15.8. The standard InChI is InChI=1S/C22H17N5O3/c28-20(26-24-13-15-8-10-16(11-9-15)22(29)30)14-27-19-7-2-1-5-17(19)25-21(27)18-6-3-4-12-23-18/h1-13H,14H2,(H,26,28)(H,29,30)/b24-13+. The maximum Gasteiger partial charge on any atom is 0.335 e. The summed E-state index contributed by atoms with van der Waals surface area (Å²) >= 11 is 0. The summed E-state index contributed by atoms with van der Waals surface area (Å²) in [5, 5.41) is 12.9. The first-order valence-corrected chi connectivity index (χ1v) is 9.14. The van der Waals surface area contributed by atoms with E-state index < -0.39 is 5.97 Å². The van der Waals surface area contributed by atoms with Gasteiger partial charge < -0.3 is 9.67 Å². The number of carbonyl (C=O) groups excluding carboxylic acids is 1. The molecule has 0 aliphatic heterocycles. The molecule has 148 valence electrons. The molecule has 0 aliphatic carbocycles. The number of fused-ring (bicyclic) bond motifs is 1. The van der Waals surface area contributed by atoms with Gasteiger partial charge in [-0.15, -0.1) is 0 Å². The highest BCUT2D eigenvalue weighted by Gasteiger charge is 2.15. The van der Waals surface area contributed by atoms with E-state index in [1.165, 1.54) is 18.3 Å². The van der Waals surface area contributed by atoms with Gasteiger partial charge in [0.05, 0.1) is 22.8 Å². The summed E-state index contributed by atoms with van der Waals surface area (Å²) in [5.41, 5.74) is 5.61. The van der Waals surface area contributed by atoms with Gasteiger partial charge in [-0.05, 0) is 42.0 Å². The van der Waals surface area contributed by atoms with E-state index in [4.69, 9.17) is 5.11 Å². The van der Waals surface area contributed by atoms with Crippen LogP contribution in [0.3, 0.4) is 0 Å². The Morgan fingerprint density at radius 2 is 1.80 bits per heavy atom. The SMILES string of the molecule is O=C(Cn1c(-c2ccccn2)nc2ccccc21)N/N=C/c1ccc(C(=O)O)cc1. The van der Waals surface area contributed by atoms with Crippen molar-refractivity contribution in [2.24, 2.45) is 5.10 Å². The Hall–Kier alpha value is -4.33. The number of hydrogen-bond donors (Lipinski definition) is 2. The van der Waals surface area contributed by atoms with E-state index in [2.05, 4.69) is 20.5 Å². The number of aromatic carboxylic acids is 1. The fourth-order valence-electron chi connectivity index (χ4n) is 3.00. The van der Waals surface area contributed by atoms with Crippen molar-refractivity contribution >= 4 is 29.1 Å². The maximum absolute atomic E-state index is 12.5. The van der Waals surface area contributed by atoms with Gasteiger partial charge in [-0.3, -0.25) is 9.78 Å². The fourth-order valence-corrected chi connectivity index (χ4v) is 3.00. The number of imidazole rings is 1. The van der Waals surface area contributed by atoms with Gasteiger partial charge in [0.2, 0.25) is 0 Å². The molecular formula is C22H17N5O3. The summed E-state index contributed by atoms with van der Waals surface area (Å²) in [5.74, 6) is -0.725. The first-order chi connectivity index (χ1) is 14.6. The molecule has 0 aliphatic rings. The Balaban J connectivity index is 1.52. The highest BCUT2D eigenvalue weighted by atomic mass is 16.4. The van der Waals surface area contributed by atoms with Crippen LogP contribution in [-0.4, -0.2) is 37.7 Å². The number of rotatable bonds is 6. The van der Waals surface area contributed by atoms with Gasteiger partial charge in [-0.1, -0.05) is 30.3 Å². The van der Waals surface area contributed by atoms with Gasteiger partial charge in [0.1, 0.15) is 12.2 Å². The summed E-state index contributed by atoms with van der Waals surface area (Å²) < 4.78 is 1.80. The average molecular weight is 399 g/mol. The molecule has 2 N–H and O–H groups in total. The molecule has 30 heavy (non-hydrogen) atoms. The number of carbonyl (C=O) groups is 2. The van der Waals surface area contributed by atoms with Crippen LogP contribution in [0.1, 0.15) is 15.9 Å². The van der Waals surface area contributed by atoms with Crippen LogP contribution in [0.15, 0.2) is 78.0 Å². The molecule has 8 heteroatoms. The van der Waals surface area contributed by atoms with Crippen LogP contribution in [0.4, 0.5) is 0 Å². The predicted molar refractivity (Wildman–Crippen MR) is 112 cm³/mol. The Morgan fingerprint density at radius 3 is 2.53 bits per heavy atom. The molecule has 0 saturated heterocycles. The van der Waals surface area contributed by atoms with Crippen molar-refractivity contribution in [1.82, 2.24) is 20.0 Å². The van der Waals surface area contributed by atoms with Gasteiger partial charge >= 0.3 is 5.97 Å². The zero-order valence-corrected chi connectivity index (χ0v) is 15.8. The number of nitrogens with zero attached hydrogens (tertiary/aromatic N) is 4. The first kappa shape index (κ1) is 19.0. The lowest BCUT2D eigenvalue weighted by Crippen LogP contribution is -2.23. The molecule has 8 nitrogen and oxygen atoms in total. The first-order valence-electron chi connectivity index (χ1n) is 9.14. The third-order valence-electron chi connectivity index (χ3n) is 4.41. The van der Waals surface area contributed by atoms with Crippen LogP contribution >= 0.6 is 0 Å². The van der Waals surface area contributed by atoms with E-state index in [9.17, 15) is 9.59 Å². The highest BCUT2D eigenvalue weighted by molar-refractivity contribution is 5.89. The molecule has 0 saturated carbocycles. The largest absolute Gasteiger partial charge is 0.478 e. The number of hydrazone groups is 1. The van der Waals surface area contributed by atoms with Gasteiger partial charge in [0.25, 0.3) is 5.91 Å². The molecule has 0 spiro atoms. The van der Waals surface area contributed by atoms with E-state index in [0.717, 1.165) is 11.0 Å². The average Bonchev–Trinajstić information content (AvgIpc) is 3.13. The second kappa shape index (κ2) is 8.36. The summed E-state index contributed by atoms with van der Waals surface area (Å²) in [4.78, 5) is 32.4. The fraction of sp³-hybridized carbons (Fsp3) is 0.0455. The number of pyridine rings is 1. The zero-order chi connectivity index (χ0) is 20.9. The van der Waals surface area contributed by atoms with Gasteiger partial charge in [0, 0.05) is 6.20 Å². The van der Waals surface area contributed by atoms with Crippen molar-refractivity contribution in [2.45, 2.75) is 6.54 Å². The van der Waals surface area contributed by atoms with Gasteiger partial charge in [-0.25, -0.2) is 15.2 Å². The predicted octanol–water partition coefficient (Wildman–Crippen LogP) is 2.95. The molecule has 0 fully saturated rings. The van der Waals surface area contributed by atoms with Crippen LogP contribution < -0.4 is 5.43 Å². The van der Waals surface area contributed by atoms with E-state index in [1.807, 2.05) is 42.5 Å². The summed E-state index contributed by atoms with van der Waals surface area (Å²) in [6.45, 7) is 0.0156. The maximum atomic E-state index is 12.5. The number of carboxylic acids is 1. The number of benzene rings is 2. The van der Waals surface area contributed by atoms with Gasteiger partial charge in [-0.2, -0.15) is 5.10 Å². The minimum Gasteiger partial charge on any atom is -0.478 e. The second-order valence-corrected chi connectivity index (χ2v) is 6.45. The molecular weight excluding hydrogens is 382 g/mol. The van der Waals surface area contributed by atoms with Crippen molar-refractivity contribution < 1.29 is 14.7 Å².